The molecule has 18 aromatic rings. The summed E-state index contributed by atoms with van der Waals surface area (Å²) in [4.78, 5) is 4.89. The van der Waals surface area contributed by atoms with Crippen molar-refractivity contribution in [2.75, 3.05) is 9.80 Å². The van der Waals surface area contributed by atoms with Gasteiger partial charge in [0.05, 0.1) is 44.2 Å². The van der Waals surface area contributed by atoms with Crippen LogP contribution in [0.2, 0.25) is 0 Å². The van der Waals surface area contributed by atoms with Gasteiger partial charge in [0.1, 0.15) is 0 Å². The largest absolute Gasteiger partial charge is 0.310 e. The van der Waals surface area contributed by atoms with Gasteiger partial charge in [-0.3, -0.25) is 0 Å². The van der Waals surface area contributed by atoms with Crippen molar-refractivity contribution in [1.82, 2.24) is 13.7 Å². The van der Waals surface area contributed by atoms with Crippen LogP contribution in [-0.4, -0.2) is 13.7 Å². The van der Waals surface area contributed by atoms with Crippen molar-refractivity contribution < 1.29 is 0 Å². The second kappa shape index (κ2) is 19.4. The van der Waals surface area contributed by atoms with Crippen molar-refractivity contribution >= 4 is 121 Å². The number of aromatic nitrogens is 3. The molecule has 0 radical (unpaired) electrons. The Balaban J connectivity index is 0.794. The molecule has 0 saturated heterocycles. The highest BCUT2D eigenvalue weighted by Gasteiger charge is 2.51. The van der Waals surface area contributed by atoms with Gasteiger partial charge in [-0.1, -0.05) is 212 Å². The van der Waals surface area contributed by atoms with E-state index < -0.39 is 5.41 Å². The van der Waals surface area contributed by atoms with Crippen molar-refractivity contribution in [3.63, 3.8) is 0 Å². The zero-order valence-corrected chi connectivity index (χ0v) is 50.0. The topological polar surface area (TPSA) is 21.3 Å². The van der Waals surface area contributed by atoms with E-state index in [4.69, 9.17) is 0 Å². The summed E-state index contributed by atoms with van der Waals surface area (Å²) in [5, 5.41) is 12.4. The highest BCUT2D eigenvalue weighted by Crippen LogP contribution is 2.63. The van der Waals surface area contributed by atoms with Gasteiger partial charge in [0.15, 0.2) is 0 Å². The van der Waals surface area contributed by atoms with E-state index in [9.17, 15) is 0 Å². The minimum Gasteiger partial charge on any atom is -0.310 e. The van der Waals surface area contributed by atoms with Crippen LogP contribution in [0.5, 0.6) is 0 Å². The predicted molar refractivity (Wildman–Crippen MR) is 385 cm³/mol. The third-order valence-corrected chi connectivity index (χ3v) is 20.1. The molecule has 5 nitrogen and oxygen atoms in total. The zero-order valence-electron chi connectivity index (χ0n) is 50.0. The molecule has 0 atom stereocenters. The quantitative estimate of drug-likeness (QED) is 0.151. The molecule has 0 fully saturated rings. The first kappa shape index (κ1) is 50.8. The molecule has 3 aromatic heterocycles. The summed E-state index contributed by atoms with van der Waals surface area (Å²) < 4.78 is 7.45. The van der Waals surface area contributed by atoms with Gasteiger partial charge in [0.25, 0.3) is 0 Å². The number of anilines is 6. The first-order chi connectivity index (χ1) is 45.7. The molecule has 0 saturated carbocycles. The lowest BCUT2D eigenvalue weighted by Gasteiger charge is -2.40. The van der Waals surface area contributed by atoms with E-state index in [0.29, 0.717) is 0 Å². The van der Waals surface area contributed by atoms with E-state index in [2.05, 4.69) is 357 Å². The second-order valence-electron chi connectivity index (χ2n) is 24.7. The Morgan fingerprint density at radius 3 is 1.09 bits per heavy atom. The number of fused-ring (bicyclic) bond motifs is 22. The Bertz CT molecular complexity index is 5780. The maximum absolute atomic E-state index is 2.54. The number of benzene rings is 15. The van der Waals surface area contributed by atoms with Crippen molar-refractivity contribution in [2.45, 2.75) is 5.41 Å². The number of nitrogens with zero attached hydrogens (tertiary/aromatic N) is 5. The standard InChI is InChI=1S/C87H55N5/c1-3-22-58(23-4-1)88(60-40-44-62(45-41-60)90-80-34-15-11-29-71(80)74-50-38-56-20-7-9-26-66(56)84(74)90)64-48-52-68-69-53-49-65(55-79(69)87(78(68)54-64)76-32-14-18-37-83(76)92-82-36-17-13-28-70(82)73-31-19-33-77(87)86(73)92)89(59-24-5-2-6-25-59)61-42-46-63(47-43-61)91-81-35-16-12-30-72(81)75-51-39-57-21-8-10-27-67(57)85(75)91/h1-55H. The lowest BCUT2D eigenvalue weighted by molar-refractivity contribution is 0.748. The molecule has 428 valence electrons. The van der Waals surface area contributed by atoms with E-state index in [0.717, 1.165) is 45.5 Å². The molecule has 0 bridgehead atoms. The van der Waals surface area contributed by atoms with Crippen LogP contribution >= 0.6 is 0 Å². The molecule has 0 amide bonds. The molecule has 1 aliphatic carbocycles. The fraction of sp³-hybridized carbons (Fsp3) is 0.0115. The summed E-state index contributed by atoms with van der Waals surface area (Å²) in [6.45, 7) is 0. The molecule has 92 heavy (non-hydrogen) atoms. The minimum atomic E-state index is -0.756. The van der Waals surface area contributed by atoms with Crippen molar-refractivity contribution in [3.8, 4) is 28.2 Å². The van der Waals surface area contributed by atoms with E-state index in [1.165, 1.54) is 126 Å². The van der Waals surface area contributed by atoms with E-state index in [-0.39, 0.29) is 0 Å². The molecule has 5 heteroatoms. The molecular weight excluding hydrogens is 1110 g/mol. The summed E-state index contributed by atoms with van der Waals surface area (Å²) >= 11 is 0. The molecule has 0 unspecified atom stereocenters. The third-order valence-electron chi connectivity index (χ3n) is 20.1. The summed E-state index contributed by atoms with van der Waals surface area (Å²) in [6, 6.07) is 124. The minimum absolute atomic E-state index is 0.756. The van der Waals surface area contributed by atoms with Crippen LogP contribution < -0.4 is 9.80 Å². The normalized spacial score (nSPS) is 12.9. The van der Waals surface area contributed by atoms with Crippen LogP contribution in [-0.2, 0) is 5.41 Å². The highest BCUT2D eigenvalue weighted by atomic mass is 15.2. The molecule has 15 aromatic carbocycles. The first-order valence-corrected chi connectivity index (χ1v) is 31.8. The molecule has 1 spiro atoms. The van der Waals surface area contributed by atoms with Gasteiger partial charge in [-0.25, -0.2) is 0 Å². The average molecular weight is 1170 g/mol. The Kier molecular flexibility index (Phi) is 10.7. The monoisotopic (exact) mass is 1170 g/mol. The van der Waals surface area contributed by atoms with Crippen LogP contribution in [0.4, 0.5) is 34.1 Å². The second-order valence-corrected chi connectivity index (χ2v) is 24.7. The summed E-state index contributed by atoms with van der Waals surface area (Å²) in [5.74, 6) is 0. The van der Waals surface area contributed by atoms with Crippen molar-refractivity contribution in [1.29, 1.82) is 0 Å². The van der Waals surface area contributed by atoms with Gasteiger partial charge in [-0.2, -0.15) is 0 Å². The zero-order chi connectivity index (χ0) is 60.2. The van der Waals surface area contributed by atoms with Gasteiger partial charge in [0.2, 0.25) is 0 Å². The van der Waals surface area contributed by atoms with E-state index >= 15 is 0 Å². The van der Waals surface area contributed by atoms with Crippen LogP contribution in [0.3, 0.4) is 0 Å². The molecule has 1 aliphatic heterocycles. The molecule has 2 aliphatic rings. The Morgan fingerprint density at radius 2 is 0.587 bits per heavy atom. The lowest BCUT2D eigenvalue weighted by Crippen LogP contribution is -2.33. The molecule has 0 N–H and O–H groups in total. The van der Waals surface area contributed by atoms with Crippen LogP contribution in [0.25, 0.3) is 115 Å². The van der Waals surface area contributed by atoms with Crippen LogP contribution in [0.15, 0.2) is 334 Å². The molecular formula is C87H55N5. The van der Waals surface area contributed by atoms with Gasteiger partial charge >= 0.3 is 0 Å². The molecule has 20 rings (SSSR count). The van der Waals surface area contributed by atoms with E-state index in [1.807, 2.05) is 0 Å². The molecule has 4 heterocycles. The summed E-state index contributed by atoms with van der Waals surface area (Å²) in [5.41, 5.74) is 23.9. The highest BCUT2D eigenvalue weighted by molar-refractivity contribution is 6.20. The Morgan fingerprint density at radius 1 is 0.217 bits per heavy atom. The van der Waals surface area contributed by atoms with Crippen molar-refractivity contribution in [3.05, 3.63) is 356 Å². The number of hydrogen-bond donors (Lipinski definition) is 0. The number of para-hydroxylation sites is 7. The van der Waals surface area contributed by atoms with Gasteiger partial charge in [0, 0.05) is 88.6 Å². The number of hydrogen-bond acceptors (Lipinski definition) is 2. The fourth-order valence-corrected chi connectivity index (χ4v) is 16.4. The predicted octanol–water partition coefficient (Wildman–Crippen LogP) is 22.9. The number of rotatable bonds is 8. The third kappa shape index (κ3) is 7.02. The van der Waals surface area contributed by atoms with Crippen LogP contribution in [0.1, 0.15) is 22.3 Å². The SMILES string of the molecule is c1ccc(N(c2ccc(-n3c4ccccc4c4ccc5ccccc5c43)cc2)c2ccc3c(c2)C2(c4cc(N(c5ccccc5)c5ccc(-n6c7ccccc7c7ccc8ccccc8c76)cc5)ccc4-3)c3ccccc3-n3c4ccccc4c4cccc2c43)cc1. The average Bonchev–Trinajstić information content (AvgIpc) is 1.47. The smallest absolute Gasteiger partial charge is 0.0756 e. The lowest BCUT2D eigenvalue weighted by atomic mass is 9.65. The van der Waals surface area contributed by atoms with E-state index in [1.54, 1.807) is 0 Å². The Labute approximate surface area is 531 Å². The van der Waals surface area contributed by atoms with Gasteiger partial charge in [-0.15, -0.1) is 0 Å². The summed E-state index contributed by atoms with van der Waals surface area (Å²) in [6.07, 6.45) is 0. The Hall–Kier alpha value is -12.2. The maximum atomic E-state index is 2.54. The van der Waals surface area contributed by atoms with Gasteiger partial charge in [-0.05, 0) is 165 Å². The maximum Gasteiger partial charge on any atom is 0.0756 e. The van der Waals surface area contributed by atoms with Crippen LogP contribution in [0, 0.1) is 0 Å². The first-order valence-electron chi connectivity index (χ1n) is 31.8. The van der Waals surface area contributed by atoms with Gasteiger partial charge < -0.3 is 23.5 Å². The summed E-state index contributed by atoms with van der Waals surface area (Å²) in [7, 11) is 0. The fourth-order valence-electron chi connectivity index (χ4n) is 16.4. The van der Waals surface area contributed by atoms with Crippen molar-refractivity contribution in [2.24, 2.45) is 0 Å².